The number of phenols is 2. The minimum atomic E-state index is -0.884. The molecule has 0 unspecified atom stereocenters. The number of allylic oxidation sites excluding steroid dienone is 1. The second kappa shape index (κ2) is 2.84. The van der Waals surface area contributed by atoms with Crippen LogP contribution in [-0.2, 0) is 4.79 Å². The third-order valence-corrected chi connectivity index (χ3v) is 2.09. The molecule has 0 saturated heterocycles. The molecular formula is C10H6O5. The molecule has 76 valence electrons. The largest absolute Gasteiger partial charge is 0.508 e. The predicted octanol–water partition coefficient (Wildman–Crippen LogP) is 0.762. The number of carbonyl (C=O) groups excluding carboxylic acids is 2. The normalized spacial score (nSPS) is 14.8. The van der Waals surface area contributed by atoms with Gasteiger partial charge in [0.05, 0.1) is 5.56 Å². The molecule has 5 nitrogen and oxygen atoms in total. The van der Waals surface area contributed by atoms with Gasteiger partial charge in [0.1, 0.15) is 17.3 Å². The summed E-state index contributed by atoms with van der Waals surface area (Å²) in [6.07, 6.45) is 0.738. The molecule has 5 heteroatoms. The van der Waals surface area contributed by atoms with Gasteiger partial charge in [-0.15, -0.1) is 0 Å². The molecule has 15 heavy (non-hydrogen) atoms. The number of phenolic OH excluding ortho intramolecular Hbond substituents is 2. The minimum Gasteiger partial charge on any atom is -0.508 e. The molecule has 0 saturated carbocycles. The van der Waals surface area contributed by atoms with Crippen molar-refractivity contribution in [2.45, 2.75) is 0 Å². The van der Waals surface area contributed by atoms with Crippen molar-refractivity contribution in [1.29, 1.82) is 0 Å². The van der Waals surface area contributed by atoms with Crippen molar-refractivity contribution in [1.82, 2.24) is 0 Å². The highest BCUT2D eigenvalue weighted by molar-refractivity contribution is 6.50. The molecule has 0 heterocycles. The standard InChI is InChI=1S/C10H6O5/c11-4-1-5-9(6(12)2-4)7(13)3-8(14)10(5)15/h1-3,11-13H. The molecule has 1 aliphatic rings. The first-order valence-electron chi connectivity index (χ1n) is 4.06. The van der Waals surface area contributed by atoms with Crippen LogP contribution in [0.4, 0.5) is 0 Å². The summed E-state index contributed by atoms with van der Waals surface area (Å²) in [5, 5.41) is 27.9. The Morgan fingerprint density at radius 2 is 1.67 bits per heavy atom. The lowest BCUT2D eigenvalue weighted by atomic mass is 9.93. The SMILES string of the molecule is O=C1C=C(O)c2c(O)cc(O)cc2C1=O. The van der Waals surface area contributed by atoms with Crippen molar-refractivity contribution in [2.75, 3.05) is 0 Å². The Hall–Kier alpha value is -2.30. The zero-order valence-electron chi connectivity index (χ0n) is 7.39. The van der Waals surface area contributed by atoms with Crippen LogP contribution in [0.3, 0.4) is 0 Å². The number of benzene rings is 1. The lowest BCUT2D eigenvalue weighted by Gasteiger charge is -2.13. The molecular weight excluding hydrogens is 200 g/mol. The van der Waals surface area contributed by atoms with Gasteiger partial charge in [-0.2, -0.15) is 0 Å². The number of rotatable bonds is 0. The van der Waals surface area contributed by atoms with E-state index in [0.717, 1.165) is 18.2 Å². The Morgan fingerprint density at radius 3 is 2.33 bits per heavy atom. The average Bonchev–Trinajstić information content (AvgIpc) is 2.12. The van der Waals surface area contributed by atoms with Gasteiger partial charge >= 0.3 is 0 Å². The number of aliphatic hydroxyl groups is 1. The quantitative estimate of drug-likeness (QED) is 0.545. The number of fused-ring (bicyclic) bond motifs is 1. The number of hydrogen-bond acceptors (Lipinski definition) is 5. The average molecular weight is 206 g/mol. The van der Waals surface area contributed by atoms with Crippen LogP contribution in [-0.4, -0.2) is 26.9 Å². The van der Waals surface area contributed by atoms with Crippen molar-refractivity contribution >= 4 is 17.3 Å². The number of carbonyl (C=O) groups is 2. The summed E-state index contributed by atoms with van der Waals surface area (Å²) in [5.41, 5.74) is -0.324. The van der Waals surface area contributed by atoms with Crippen LogP contribution in [0.25, 0.3) is 5.76 Å². The molecule has 0 fully saturated rings. The number of aromatic hydroxyl groups is 2. The van der Waals surface area contributed by atoms with E-state index >= 15 is 0 Å². The lowest BCUT2D eigenvalue weighted by molar-refractivity contribution is -0.111. The van der Waals surface area contributed by atoms with E-state index < -0.39 is 23.1 Å². The van der Waals surface area contributed by atoms with Crippen molar-refractivity contribution < 1.29 is 24.9 Å². The minimum absolute atomic E-state index is 0.127. The lowest BCUT2D eigenvalue weighted by Crippen LogP contribution is -2.18. The molecule has 0 bridgehead atoms. The Kier molecular flexibility index (Phi) is 1.76. The molecule has 2 rings (SSSR count). The van der Waals surface area contributed by atoms with E-state index in [2.05, 4.69) is 0 Å². The number of aliphatic hydroxyl groups excluding tert-OH is 1. The summed E-state index contributed by atoms with van der Waals surface area (Å²) in [6, 6.07) is 2.00. The summed E-state index contributed by atoms with van der Waals surface area (Å²) in [6.45, 7) is 0. The molecule has 0 spiro atoms. The summed E-state index contributed by atoms with van der Waals surface area (Å²) < 4.78 is 0. The Labute approximate surface area is 83.9 Å². The molecule has 3 N–H and O–H groups in total. The highest BCUT2D eigenvalue weighted by atomic mass is 16.3. The first-order valence-corrected chi connectivity index (χ1v) is 4.06. The van der Waals surface area contributed by atoms with Crippen molar-refractivity contribution in [3.63, 3.8) is 0 Å². The summed E-state index contributed by atoms with van der Waals surface area (Å²) in [7, 11) is 0. The second-order valence-corrected chi connectivity index (χ2v) is 3.11. The predicted molar refractivity (Wildman–Crippen MR) is 49.7 cm³/mol. The fourth-order valence-corrected chi connectivity index (χ4v) is 1.45. The zero-order valence-corrected chi connectivity index (χ0v) is 7.39. The van der Waals surface area contributed by atoms with Crippen LogP contribution in [0.2, 0.25) is 0 Å². The van der Waals surface area contributed by atoms with E-state index in [1.807, 2.05) is 0 Å². The van der Waals surface area contributed by atoms with Gasteiger partial charge in [-0.05, 0) is 6.07 Å². The maximum atomic E-state index is 11.3. The monoisotopic (exact) mass is 206 g/mol. The Morgan fingerprint density at radius 1 is 1.00 bits per heavy atom. The molecule has 0 atom stereocenters. The van der Waals surface area contributed by atoms with Crippen molar-refractivity contribution in [3.05, 3.63) is 29.3 Å². The van der Waals surface area contributed by atoms with Crippen LogP contribution >= 0.6 is 0 Å². The van der Waals surface area contributed by atoms with Crippen LogP contribution < -0.4 is 0 Å². The van der Waals surface area contributed by atoms with Crippen LogP contribution in [0.1, 0.15) is 15.9 Å². The van der Waals surface area contributed by atoms with E-state index in [4.69, 9.17) is 5.11 Å². The van der Waals surface area contributed by atoms with E-state index in [0.29, 0.717) is 0 Å². The third-order valence-electron chi connectivity index (χ3n) is 2.09. The van der Waals surface area contributed by atoms with Gasteiger partial charge in [-0.25, -0.2) is 0 Å². The highest BCUT2D eigenvalue weighted by Crippen LogP contribution is 2.34. The van der Waals surface area contributed by atoms with Gasteiger partial charge in [0.2, 0.25) is 11.6 Å². The smallest absolute Gasteiger partial charge is 0.234 e. The van der Waals surface area contributed by atoms with E-state index in [9.17, 15) is 19.8 Å². The molecule has 1 aromatic rings. The third kappa shape index (κ3) is 1.25. The number of hydrogen-bond donors (Lipinski definition) is 3. The second-order valence-electron chi connectivity index (χ2n) is 3.11. The fraction of sp³-hybridized carbons (Fsp3) is 0. The fourth-order valence-electron chi connectivity index (χ4n) is 1.45. The summed E-state index contributed by atoms with van der Waals surface area (Å²) in [5.74, 6) is -3.02. The van der Waals surface area contributed by atoms with Gasteiger partial charge in [-0.1, -0.05) is 0 Å². The first-order chi connectivity index (χ1) is 7.00. The van der Waals surface area contributed by atoms with E-state index in [1.165, 1.54) is 0 Å². The topological polar surface area (TPSA) is 94.8 Å². The molecule has 0 amide bonds. The van der Waals surface area contributed by atoms with Gasteiger partial charge in [0, 0.05) is 17.7 Å². The molecule has 0 aromatic heterocycles. The molecule has 0 radical (unpaired) electrons. The Balaban J connectivity index is 2.80. The van der Waals surface area contributed by atoms with Crippen LogP contribution in [0.5, 0.6) is 11.5 Å². The van der Waals surface area contributed by atoms with Crippen LogP contribution in [0, 0.1) is 0 Å². The van der Waals surface area contributed by atoms with E-state index in [-0.39, 0.29) is 16.9 Å². The van der Waals surface area contributed by atoms with Gasteiger partial charge in [0.25, 0.3) is 0 Å². The molecule has 0 aliphatic heterocycles. The highest BCUT2D eigenvalue weighted by Gasteiger charge is 2.28. The zero-order chi connectivity index (χ0) is 11.2. The summed E-state index contributed by atoms with van der Waals surface area (Å²) >= 11 is 0. The maximum Gasteiger partial charge on any atom is 0.234 e. The number of Topliss-reactive ketones (excluding diaryl/α,β-unsaturated/α-hetero) is 1. The maximum absolute atomic E-state index is 11.3. The molecule has 1 aliphatic carbocycles. The van der Waals surface area contributed by atoms with Gasteiger partial charge in [0.15, 0.2) is 0 Å². The Bertz CT molecular complexity index is 513. The van der Waals surface area contributed by atoms with Gasteiger partial charge < -0.3 is 15.3 Å². The van der Waals surface area contributed by atoms with E-state index in [1.54, 1.807) is 0 Å². The van der Waals surface area contributed by atoms with Crippen molar-refractivity contribution in [3.8, 4) is 11.5 Å². The van der Waals surface area contributed by atoms with Crippen molar-refractivity contribution in [2.24, 2.45) is 0 Å². The number of ketones is 2. The van der Waals surface area contributed by atoms with Crippen LogP contribution in [0.15, 0.2) is 18.2 Å². The first kappa shape index (κ1) is 9.26. The van der Waals surface area contributed by atoms with Gasteiger partial charge in [-0.3, -0.25) is 9.59 Å². The summed E-state index contributed by atoms with van der Waals surface area (Å²) in [4.78, 5) is 22.4. The molecule has 1 aromatic carbocycles.